The van der Waals surface area contributed by atoms with Crippen LogP contribution in [0.15, 0.2) is 23.2 Å². The van der Waals surface area contributed by atoms with E-state index in [0.717, 1.165) is 23.4 Å². The van der Waals surface area contributed by atoms with Gasteiger partial charge in [-0.25, -0.2) is 17.7 Å². The highest BCUT2D eigenvalue weighted by molar-refractivity contribution is 14.0. The number of benzene rings is 1. The summed E-state index contributed by atoms with van der Waals surface area (Å²) in [6.45, 7) is 12.1. The van der Waals surface area contributed by atoms with Crippen LogP contribution in [0.25, 0.3) is 0 Å². The zero-order valence-electron chi connectivity index (χ0n) is 18.5. The standard InChI is InChI=1S/C20H36N4O3S.HI/c1-7-21-20(22-12-9-13-24(6)28(25,26)8-2)23-15-18-11-10-17(5)14-19(18)27-16(3)4;/h10-11,14,16H,7-9,12-13,15H2,1-6H3,(H2,21,22,23);1H. The second-order valence-corrected chi connectivity index (χ2v) is 9.34. The molecule has 2 N–H and O–H groups in total. The summed E-state index contributed by atoms with van der Waals surface area (Å²) in [5, 5.41) is 6.48. The smallest absolute Gasteiger partial charge is 0.213 e. The van der Waals surface area contributed by atoms with Crippen molar-refractivity contribution in [3.8, 4) is 5.75 Å². The van der Waals surface area contributed by atoms with Gasteiger partial charge in [-0.05, 0) is 52.7 Å². The van der Waals surface area contributed by atoms with Crippen molar-refractivity contribution in [2.45, 2.75) is 53.7 Å². The molecule has 0 spiro atoms. The zero-order chi connectivity index (χ0) is 21.2. The molecule has 0 bridgehead atoms. The summed E-state index contributed by atoms with van der Waals surface area (Å²) in [5.74, 6) is 1.69. The minimum absolute atomic E-state index is 0. The van der Waals surface area contributed by atoms with Gasteiger partial charge in [-0.1, -0.05) is 12.1 Å². The van der Waals surface area contributed by atoms with E-state index in [1.54, 1.807) is 14.0 Å². The number of ether oxygens (including phenoxy) is 1. The molecule has 0 heterocycles. The molecule has 1 aromatic rings. The number of aliphatic imine (C=N–C) groups is 1. The normalized spacial score (nSPS) is 12.1. The average molecular weight is 541 g/mol. The van der Waals surface area contributed by atoms with Crippen molar-refractivity contribution in [1.29, 1.82) is 0 Å². The highest BCUT2D eigenvalue weighted by Crippen LogP contribution is 2.22. The van der Waals surface area contributed by atoms with Crippen LogP contribution in [0.2, 0.25) is 0 Å². The Hall–Kier alpha value is -1.07. The summed E-state index contributed by atoms with van der Waals surface area (Å²) in [7, 11) is -1.51. The van der Waals surface area contributed by atoms with Gasteiger partial charge in [0, 0.05) is 32.2 Å². The van der Waals surface area contributed by atoms with Crippen molar-refractivity contribution in [2.24, 2.45) is 4.99 Å². The van der Waals surface area contributed by atoms with Crippen molar-refractivity contribution in [3.05, 3.63) is 29.3 Å². The largest absolute Gasteiger partial charge is 0.491 e. The van der Waals surface area contributed by atoms with Gasteiger partial charge in [-0.2, -0.15) is 0 Å². The number of guanidine groups is 1. The molecule has 0 aliphatic rings. The van der Waals surface area contributed by atoms with E-state index in [9.17, 15) is 8.42 Å². The number of hydrogen-bond acceptors (Lipinski definition) is 4. The molecule has 0 unspecified atom stereocenters. The van der Waals surface area contributed by atoms with Crippen LogP contribution in [0.4, 0.5) is 0 Å². The predicted molar refractivity (Wildman–Crippen MR) is 132 cm³/mol. The SMILES string of the molecule is CCNC(=NCc1ccc(C)cc1OC(C)C)NCCCN(C)S(=O)(=O)CC.I. The Morgan fingerprint density at radius 1 is 1.24 bits per heavy atom. The summed E-state index contributed by atoms with van der Waals surface area (Å²) < 4.78 is 30.9. The molecule has 0 atom stereocenters. The first-order valence-electron chi connectivity index (χ1n) is 9.92. The molecule has 0 saturated carbocycles. The molecular weight excluding hydrogens is 503 g/mol. The first kappa shape index (κ1) is 27.9. The summed E-state index contributed by atoms with van der Waals surface area (Å²) in [6, 6.07) is 6.14. The maximum absolute atomic E-state index is 11.8. The van der Waals surface area contributed by atoms with Crippen LogP contribution in [0.5, 0.6) is 5.75 Å². The predicted octanol–water partition coefficient (Wildman–Crippen LogP) is 3.13. The third-order valence-corrected chi connectivity index (χ3v) is 5.98. The van der Waals surface area contributed by atoms with Crippen LogP contribution >= 0.6 is 24.0 Å². The summed E-state index contributed by atoms with van der Waals surface area (Å²) in [5.41, 5.74) is 2.19. The molecule has 0 aliphatic heterocycles. The van der Waals surface area contributed by atoms with Crippen molar-refractivity contribution in [1.82, 2.24) is 14.9 Å². The van der Waals surface area contributed by atoms with Gasteiger partial charge >= 0.3 is 0 Å². The van der Waals surface area contributed by atoms with Crippen molar-refractivity contribution < 1.29 is 13.2 Å². The minimum atomic E-state index is -3.13. The fourth-order valence-electron chi connectivity index (χ4n) is 2.53. The Morgan fingerprint density at radius 2 is 1.93 bits per heavy atom. The Kier molecular flexibility index (Phi) is 13.5. The van der Waals surface area contributed by atoms with Crippen LogP contribution in [-0.2, 0) is 16.6 Å². The zero-order valence-corrected chi connectivity index (χ0v) is 21.6. The maximum atomic E-state index is 11.8. The summed E-state index contributed by atoms with van der Waals surface area (Å²) >= 11 is 0. The molecule has 29 heavy (non-hydrogen) atoms. The van der Waals surface area contributed by atoms with Crippen molar-refractivity contribution >= 4 is 40.0 Å². The molecule has 0 aliphatic carbocycles. The van der Waals surface area contributed by atoms with E-state index < -0.39 is 10.0 Å². The van der Waals surface area contributed by atoms with Crippen molar-refractivity contribution in [3.63, 3.8) is 0 Å². The first-order chi connectivity index (χ1) is 13.2. The van der Waals surface area contributed by atoms with Gasteiger partial charge in [0.1, 0.15) is 5.75 Å². The quantitative estimate of drug-likeness (QED) is 0.195. The molecule has 9 heteroatoms. The third kappa shape index (κ3) is 10.5. The molecule has 7 nitrogen and oxygen atoms in total. The van der Waals surface area contributed by atoms with Crippen LogP contribution in [-0.4, -0.2) is 57.2 Å². The number of sulfonamides is 1. The highest BCUT2D eigenvalue weighted by Gasteiger charge is 2.14. The Morgan fingerprint density at radius 3 is 2.52 bits per heavy atom. The summed E-state index contributed by atoms with van der Waals surface area (Å²) in [4.78, 5) is 4.65. The third-order valence-electron chi connectivity index (χ3n) is 4.12. The Balaban J connectivity index is 0.00000784. The number of hydrogen-bond donors (Lipinski definition) is 2. The number of nitrogens with zero attached hydrogens (tertiary/aromatic N) is 2. The van der Waals surface area contributed by atoms with Gasteiger partial charge < -0.3 is 15.4 Å². The van der Waals surface area contributed by atoms with E-state index in [0.29, 0.717) is 32.0 Å². The van der Waals surface area contributed by atoms with Crippen molar-refractivity contribution in [2.75, 3.05) is 32.4 Å². The van der Waals surface area contributed by atoms with E-state index >= 15 is 0 Å². The highest BCUT2D eigenvalue weighted by atomic mass is 127. The van der Waals surface area contributed by atoms with Crippen LogP contribution < -0.4 is 15.4 Å². The molecule has 1 rings (SSSR count). The lowest BCUT2D eigenvalue weighted by atomic mass is 10.1. The molecule has 0 aromatic heterocycles. The molecule has 0 fully saturated rings. The van der Waals surface area contributed by atoms with Crippen LogP contribution in [0.1, 0.15) is 45.2 Å². The van der Waals surface area contributed by atoms with E-state index in [1.807, 2.05) is 39.8 Å². The lowest BCUT2D eigenvalue weighted by molar-refractivity contribution is 0.240. The van der Waals surface area contributed by atoms with Crippen LogP contribution in [0.3, 0.4) is 0 Å². The average Bonchev–Trinajstić information content (AvgIpc) is 2.63. The minimum Gasteiger partial charge on any atom is -0.491 e. The van der Waals surface area contributed by atoms with Gasteiger partial charge in [0.25, 0.3) is 0 Å². The topological polar surface area (TPSA) is 83.0 Å². The molecule has 168 valence electrons. The lowest BCUT2D eigenvalue weighted by Crippen LogP contribution is -2.39. The van der Waals surface area contributed by atoms with Gasteiger partial charge in [0.2, 0.25) is 10.0 Å². The van der Waals surface area contributed by atoms with E-state index in [1.165, 1.54) is 4.31 Å². The van der Waals surface area contributed by atoms with E-state index in [2.05, 4.69) is 21.7 Å². The second-order valence-electron chi connectivity index (χ2n) is 6.98. The number of rotatable bonds is 11. The number of aryl methyl sites for hydroxylation is 1. The maximum Gasteiger partial charge on any atom is 0.213 e. The molecule has 1 aromatic carbocycles. The fourth-order valence-corrected chi connectivity index (χ4v) is 3.38. The molecular formula is C20H37IN4O3S. The number of nitrogens with one attached hydrogen (secondary N) is 2. The Labute approximate surface area is 193 Å². The lowest BCUT2D eigenvalue weighted by Gasteiger charge is -2.17. The van der Waals surface area contributed by atoms with Gasteiger partial charge in [0.05, 0.1) is 18.4 Å². The van der Waals surface area contributed by atoms with Gasteiger partial charge in [-0.3, -0.25) is 0 Å². The van der Waals surface area contributed by atoms with E-state index in [-0.39, 0.29) is 35.8 Å². The van der Waals surface area contributed by atoms with Gasteiger partial charge in [-0.15, -0.1) is 24.0 Å². The molecule has 0 saturated heterocycles. The molecule has 0 amide bonds. The summed E-state index contributed by atoms with van der Waals surface area (Å²) in [6.07, 6.45) is 0.805. The monoisotopic (exact) mass is 540 g/mol. The fraction of sp³-hybridized carbons (Fsp3) is 0.650. The second kappa shape index (κ2) is 14.0. The first-order valence-corrected chi connectivity index (χ1v) is 11.5. The number of halogens is 1. The van der Waals surface area contributed by atoms with Crippen LogP contribution in [0, 0.1) is 6.92 Å². The van der Waals surface area contributed by atoms with E-state index in [4.69, 9.17) is 4.74 Å². The molecule has 0 radical (unpaired) electrons. The van der Waals surface area contributed by atoms with Gasteiger partial charge in [0.15, 0.2) is 5.96 Å². The Bertz CT molecular complexity index is 739.